The summed E-state index contributed by atoms with van der Waals surface area (Å²) in [5.41, 5.74) is 5.88. The van der Waals surface area contributed by atoms with Crippen molar-refractivity contribution < 1.29 is 23.9 Å². The van der Waals surface area contributed by atoms with E-state index in [2.05, 4.69) is 10.6 Å². The number of nitrogens with one attached hydrogen (secondary N) is 2. The first-order valence-corrected chi connectivity index (χ1v) is 8.11. The molecule has 8 heteroatoms. The predicted octanol–water partition coefficient (Wildman–Crippen LogP) is 1.47. The smallest absolute Gasteiger partial charge is 0.402 e. The molecule has 0 heterocycles. The molecule has 0 spiro atoms. The number of nitrogens with two attached hydrogens (primary N) is 1. The van der Waals surface area contributed by atoms with Crippen LogP contribution in [0.4, 0.5) is 5.69 Å². The molecule has 0 fully saturated rings. The lowest BCUT2D eigenvalue weighted by Crippen LogP contribution is -2.38. The Morgan fingerprint density at radius 2 is 1.70 bits per heavy atom. The van der Waals surface area contributed by atoms with Gasteiger partial charge in [-0.2, -0.15) is 0 Å². The standard InChI is InChI=1S/C19H19N3O5/c1-11(2)21-18(25)19(26)27-13-7-5-6-12(10-13)17(24)22-15-9-4-3-8-14(15)16(20)23/h3-11H,1-2H3,(H2,20,23)(H,21,25)(H,22,24). The number of carbonyl (C=O) groups excluding carboxylic acids is 4. The molecule has 2 rings (SSSR count). The minimum atomic E-state index is -1.08. The number of para-hydroxylation sites is 1. The first kappa shape index (κ1) is 19.6. The molecule has 2 aromatic rings. The van der Waals surface area contributed by atoms with Crippen molar-refractivity contribution in [3.05, 3.63) is 59.7 Å². The Kier molecular flexibility index (Phi) is 6.27. The van der Waals surface area contributed by atoms with Gasteiger partial charge in [0.15, 0.2) is 0 Å². The average Bonchev–Trinajstić information content (AvgIpc) is 2.61. The van der Waals surface area contributed by atoms with Gasteiger partial charge in [0.2, 0.25) is 0 Å². The second-order valence-electron chi connectivity index (χ2n) is 5.91. The normalized spacial score (nSPS) is 10.2. The molecule has 0 saturated heterocycles. The molecule has 2 aromatic carbocycles. The van der Waals surface area contributed by atoms with Crippen LogP contribution in [0, 0.1) is 0 Å². The minimum absolute atomic E-state index is 0.0368. The number of primary amides is 1. The summed E-state index contributed by atoms with van der Waals surface area (Å²) in [4.78, 5) is 47.2. The molecular weight excluding hydrogens is 350 g/mol. The highest BCUT2D eigenvalue weighted by Gasteiger charge is 2.18. The molecule has 0 aromatic heterocycles. The fourth-order valence-corrected chi connectivity index (χ4v) is 2.18. The van der Waals surface area contributed by atoms with Crippen LogP contribution >= 0.6 is 0 Å². The second kappa shape index (κ2) is 8.61. The molecule has 0 atom stereocenters. The maximum atomic E-state index is 12.4. The zero-order valence-corrected chi connectivity index (χ0v) is 14.8. The van der Waals surface area contributed by atoms with Gasteiger partial charge in [-0.05, 0) is 44.2 Å². The summed E-state index contributed by atoms with van der Waals surface area (Å²) < 4.78 is 4.97. The highest BCUT2D eigenvalue weighted by molar-refractivity contribution is 6.33. The molecule has 0 radical (unpaired) electrons. The van der Waals surface area contributed by atoms with Gasteiger partial charge >= 0.3 is 11.9 Å². The quantitative estimate of drug-likeness (QED) is 0.418. The van der Waals surface area contributed by atoms with Crippen LogP contribution < -0.4 is 21.1 Å². The zero-order chi connectivity index (χ0) is 20.0. The molecule has 4 N–H and O–H groups in total. The molecule has 0 aliphatic heterocycles. The van der Waals surface area contributed by atoms with Crippen LogP contribution in [0.5, 0.6) is 5.75 Å². The lowest BCUT2D eigenvalue weighted by atomic mass is 10.1. The van der Waals surface area contributed by atoms with E-state index < -0.39 is 23.7 Å². The van der Waals surface area contributed by atoms with Crippen LogP contribution in [0.2, 0.25) is 0 Å². The van der Waals surface area contributed by atoms with Crippen LogP contribution in [-0.2, 0) is 9.59 Å². The van der Waals surface area contributed by atoms with Crippen molar-refractivity contribution in [2.75, 3.05) is 5.32 Å². The molecule has 0 unspecified atom stereocenters. The number of amides is 3. The molecule has 0 aliphatic rings. The van der Waals surface area contributed by atoms with E-state index >= 15 is 0 Å². The first-order chi connectivity index (χ1) is 12.8. The van der Waals surface area contributed by atoms with Crippen molar-refractivity contribution in [2.45, 2.75) is 19.9 Å². The van der Waals surface area contributed by atoms with Crippen molar-refractivity contribution >= 4 is 29.4 Å². The van der Waals surface area contributed by atoms with Gasteiger partial charge < -0.3 is 21.1 Å². The Morgan fingerprint density at radius 3 is 2.37 bits per heavy atom. The largest absolute Gasteiger partial charge is 0.419 e. The van der Waals surface area contributed by atoms with E-state index in [9.17, 15) is 19.2 Å². The fourth-order valence-electron chi connectivity index (χ4n) is 2.18. The topological polar surface area (TPSA) is 128 Å². The summed E-state index contributed by atoms with van der Waals surface area (Å²) in [5, 5.41) is 4.99. The zero-order valence-electron chi connectivity index (χ0n) is 14.8. The number of hydrogen-bond acceptors (Lipinski definition) is 5. The van der Waals surface area contributed by atoms with Crippen LogP contribution in [0.1, 0.15) is 34.6 Å². The van der Waals surface area contributed by atoms with Crippen molar-refractivity contribution in [1.29, 1.82) is 0 Å². The van der Waals surface area contributed by atoms with E-state index in [4.69, 9.17) is 10.5 Å². The van der Waals surface area contributed by atoms with Crippen molar-refractivity contribution in [2.24, 2.45) is 5.73 Å². The average molecular weight is 369 g/mol. The van der Waals surface area contributed by atoms with Crippen molar-refractivity contribution in [3.63, 3.8) is 0 Å². The number of ether oxygens (including phenoxy) is 1. The van der Waals surface area contributed by atoms with Crippen LogP contribution in [0.25, 0.3) is 0 Å². The lowest BCUT2D eigenvalue weighted by molar-refractivity contribution is -0.148. The van der Waals surface area contributed by atoms with Crippen LogP contribution in [0.3, 0.4) is 0 Å². The number of rotatable bonds is 5. The van der Waals surface area contributed by atoms with Gasteiger partial charge in [-0.25, -0.2) is 4.79 Å². The maximum absolute atomic E-state index is 12.4. The summed E-state index contributed by atoms with van der Waals surface area (Å²) in [6, 6.07) is 11.8. The number of carbonyl (C=O) groups is 4. The van der Waals surface area contributed by atoms with Gasteiger partial charge in [-0.15, -0.1) is 0 Å². The van der Waals surface area contributed by atoms with Crippen molar-refractivity contribution in [1.82, 2.24) is 5.32 Å². The number of hydrogen-bond donors (Lipinski definition) is 3. The SMILES string of the molecule is CC(C)NC(=O)C(=O)Oc1cccc(C(=O)Nc2ccccc2C(N)=O)c1. The third kappa shape index (κ3) is 5.40. The summed E-state index contributed by atoms with van der Waals surface area (Å²) in [6.07, 6.45) is 0. The van der Waals surface area contributed by atoms with E-state index in [-0.39, 0.29) is 28.6 Å². The Balaban J connectivity index is 2.13. The maximum Gasteiger partial charge on any atom is 0.402 e. The molecule has 27 heavy (non-hydrogen) atoms. The van der Waals surface area contributed by atoms with Crippen LogP contribution in [0.15, 0.2) is 48.5 Å². The Labute approximate surface area is 155 Å². The molecule has 0 saturated carbocycles. The number of esters is 1. The van der Waals surface area contributed by atoms with Gasteiger partial charge in [-0.3, -0.25) is 14.4 Å². The first-order valence-electron chi connectivity index (χ1n) is 8.11. The highest BCUT2D eigenvalue weighted by atomic mass is 16.5. The lowest BCUT2D eigenvalue weighted by Gasteiger charge is -2.10. The van der Waals surface area contributed by atoms with Gasteiger partial charge in [0.1, 0.15) is 5.75 Å². The summed E-state index contributed by atoms with van der Waals surface area (Å²) in [7, 11) is 0. The van der Waals surface area contributed by atoms with E-state index in [1.807, 2.05) is 0 Å². The molecule has 3 amide bonds. The van der Waals surface area contributed by atoms with Gasteiger partial charge in [0.05, 0.1) is 11.3 Å². The third-order valence-electron chi connectivity index (χ3n) is 3.35. The number of benzene rings is 2. The summed E-state index contributed by atoms with van der Waals surface area (Å²) in [5.74, 6) is -3.14. The molecule has 0 bridgehead atoms. The monoisotopic (exact) mass is 369 g/mol. The van der Waals surface area contributed by atoms with E-state index in [0.29, 0.717) is 0 Å². The Hall–Kier alpha value is -3.68. The predicted molar refractivity (Wildman–Crippen MR) is 98.3 cm³/mol. The van der Waals surface area contributed by atoms with Gasteiger partial charge in [0, 0.05) is 11.6 Å². The third-order valence-corrected chi connectivity index (χ3v) is 3.35. The molecular formula is C19H19N3O5. The van der Waals surface area contributed by atoms with Gasteiger partial charge in [-0.1, -0.05) is 18.2 Å². The fraction of sp³-hybridized carbons (Fsp3) is 0.158. The molecule has 8 nitrogen and oxygen atoms in total. The van der Waals surface area contributed by atoms with Crippen LogP contribution in [-0.4, -0.2) is 29.7 Å². The van der Waals surface area contributed by atoms with E-state index in [1.165, 1.54) is 36.4 Å². The van der Waals surface area contributed by atoms with Crippen molar-refractivity contribution in [3.8, 4) is 5.75 Å². The number of anilines is 1. The minimum Gasteiger partial charge on any atom is -0.419 e. The highest BCUT2D eigenvalue weighted by Crippen LogP contribution is 2.18. The summed E-state index contributed by atoms with van der Waals surface area (Å²) >= 11 is 0. The van der Waals surface area contributed by atoms with E-state index in [1.54, 1.807) is 26.0 Å². The molecule has 0 aliphatic carbocycles. The second-order valence-corrected chi connectivity index (χ2v) is 5.91. The summed E-state index contributed by atoms with van der Waals surface area (Å²) in [6.45, 7) is 3.42. The van der Waals surface area contributed by atoms with Gasteiger partial charge in [0.25, 0.3) is 11.8 Å². The van der Waals surface area contributed by atoms with E-state index in [0.717, 1.165) is 0 Å². The molecule has 140 valence electrons. The Bertz CT molecular complexity index is 892. The Morgan fingerprint density at radius 1 is 1.00 bits per heavy atom.